The van der Waals surface area contributed by atoms with Crippen LogP contribution in [-0.4, -0.2) is 39.6 Å². The van der Waals surface area contributed by atoms with E-state index in [1.54, 1.807) is 7.05 Å². The van der Waals surface area contributed by atoms with Gasteiger partial charge in [-0.25, -0.2) is 0 Å². The van der Waals surface area contributed by atoms with Crippen molar-refractivity contribution in [2.75, 3.05) is 38.6 Å². The largest absolute Gasteiger partial charge is 0.373 e. The Morgan fingerprint density at radius 3 is 2.71 bits per heavy atom. The van der Waals surface area contributed by atoms with E-state index >= 15 is 0 Å². The number of hydrogen-bond acceptors (Lipinski definition) is 3. The molecule has 0 saturated heterocycles. The summed E-state index contributed by atoms with van der Waals surface area (Å²) in [5.74, 6) is 0.0330. The zero-order chi connectivity index (χ0) is 12.7. The van der Waals surface area contributed by atoms with Crippen molar-refractivity contribution in [1.29, 1.82) is 0 Å². The monoisotopic (exact) mass is 235 g/mol. The first kappa shape index (κ1) is 13.5. The van der Waals surface area contributed by atoms with E-state index in [1.165, 1.54) is 11.3 Å². The van der Waals surface area contributed by atoms with Crippen molar-refractivity contribution >= 4 is 11.6 Å². The van der Waals surface area contributed by atoms with Gasteiger partial charge in [0.1, 0.15) is 0 Å². The van der Waals surface area contributed by atoms with E-state index in [0.717, 1.165) is 6.54 Å². The second kappa shape index (κ2) is 6.91. The van der Waals surface area contributed by atoms with Gasteiger partial charge >= 0.3 is 0 Å². The van der Waals surface area contributed by atoms with Crippen molar-refractivity contribution < 1.29 is 4.79 Å². The van der Waals surface area contributed by atoms with Crippen molar-refractivity contribution in [3.05, 3.63) is 29.8 Å². The van der Waals surface area contributed by atoms with Crippen LogP contribution in [0.5, 0.6) is 0 Å². The number of amides is 1. The Morgan fingerprint density at radius 1 is 1.35 bits per heavy atom. The van der Waals surface area contributed by atoms with Gasteiger partial charge in [-0.1, -0.05) is 18.2 Å². The van der Waals surface area contributed by atoms with Gasteiger partial charge in [-0.05, 0) is 25.6 Å². The number of hydrogen-bond donors (Lipinski definition) is 2. The van der Waals surface area contributed by atoms with Gasteiger partial charge in [-0.15, -0.1) is 0 Å². The predicted molar refractivity (Wildman–Crippen MR) is 71.4 cm³/mol. The number of likely N-dealkylation sites (N-methyl/N-ethyl adjacent to an activating group) is 2. The second-order valence-electron chi connectivity index (χ2n) is 4.09. The molecule has 0 fully saturated rings. The molecule has 0 spiro atoms. The van der Waals surface area contributed by atoms with Gasteiger partial charge in [0.25, 0.3) is 0 Å². The number of para-hydroxylation sites is 1. The van der Waals surface area contributed by atoms with Crippen molar-refractivity contribution in [3.8, 4) is 0 Å². The van der Waals surface area contributed by atoms with Crippen LogP contribution in [0.3, 0.4) is 0 Å². The van der Waals surface area contributed by atoms with Crippen molar-refractivity contribution in [1.82, 2.24) is 10.6 Å². The van der Waals surface area contributed by atoms with Crippen LogP contribution in [-0.2, 0) is 4.79 Å². The number of carbonyl (C=O) groups is 1. The molecule has 94 valence electrons. The molecule has 0 aliphatic heterocycles. The first-order valence-electron chi connectivity index (χ1n) is 5.83. The minimum atomic E-state index is 0.0330. The lowest BCUT2D eigenvalue weighted by molar-refractivity contribution is -0.120. The van der Waals surface area contributed by atoms with Crippen LogP contribution < -0.4 is 15.5 Å². The summed E-state index contributed by atoms with van der Waals surface area (Å²) in [6.45, 7) is 3.92. The first-order chi connectivity index (χ1) is 8.15. The molecule has 0 saturated carbocycles. The van der Waals surface area contributed by atoms with Crippen molar-refractivity contribution in [2.45, 2.75) is 6.92 Å². The number of nitrogens with zero attached hydrogens (tertiary/aromatic N) is 1. The molecule has 4 nitrogen and oxygen atoms in total. The SMILES string of the molecule is CNCC(=O)NCCN(C)c1ccccc1C. The molecule has 1 rings (SSSR count). The van der Waals surface area contributed by atoms with Gasteiger partial charge in [-0.2, -0.15) is 0 Å². The van der Waals surface area contributed by atoms with Crippen LogP contribution in [0.4, 0.5) is 5.69 Å². The van der Waals surface area contributed by atoms with Gasteiger partial charge in [0, 0.05) is 25.8 Å². The molecule has 0 bridgehead atoms. The van der Waals surface area contributed by atoms with E-state index in [2.05, 4.69) is 34.6 Å². The molecule has 0 unspecified atom stereocenters. The summed E-state index contributed by atoms with van der Waals surface area (Å²) in [6.07, 6.45) is 0. The van der Waals surface area contributed by atoms with Crippen LogP contribution in [0.2, 0.25) is 0 Å². The third-order valence-corrected chi connectivity index (χ3v) is 2.63. The highest BCUT2D eigenvalue weighted by Gasteiger charge is 2.04. The summed E-state index contributed by atoms with van der Waals surface area (Å²) in [6, 6.07) is 8.23. The third kappa shape index (κ3) is 4.44. The van der Waals surface area contributed by atoms with E-state index in [-0.39, 0.29) is 5.91 Å². The Bertz CT molecular complexity index is 365. The van der Waals surface area contributed by atoms with Crippen LogP contribution in [0.25, 0.3) is 0 Å². The average Bonchev–Trinajstić information content (AvgIpc) is 2.29. The molecule has 0 aliphatic carbocycles. The van der Waals surface area contributed by atoms with Gasteiger partial charge < -0.3 is 15.5 Å². The van der Waals surface area contributed by atoms with Crippen LogP contribution >= 0.6 is 0 Å². The number of nitrogens with one attached hydrogen (secondary N) is 2. The minimum absolute atomic E-state index is 0.0330. The van der Waals surface area contributed by atoms with Gasteiger partial charge in [0.2, 0.25) is 5.91 Å². The summed E-state index contributed by atoms with van der Waals surface area (Å²) in [7, 11) is 3.80. The predicted octanol–water partition coefficient (Wildman–Crippen LogP) is 0.767. The maximum absolute atomic E-state index is 11.2. The highest BCUT2D eigenvalue weighted by atomic mass is 16.1. The fourth-order valence-corrected chi connectivity index (χ4v) is 1.70. The van der Waals surface area contributed by atoms with E-state index in [9.17, 15) is 4.79 Å². The molecular formula is C13H21N3O. The molecule has 1 aromatic carbocycles. The summed E-state index contributed by atoms with van der Waals surface area (Å²) in [4.78, 5) is 13.4. The Kier molecular flexibility index (Phi) is 5.49. The molecule has 0 aliphatic rings. The molecule has 4 heteroatoms. The number of aryl methyl sites for hydroxylation is 1. The van der Waals surface area contributed by atoms with E-state index in [0.29, 0.717) is 13.1 Å². The number of anilines is 1. The van der Waals surface area contributed by atoms with Crippen molar-refractivity contribution in [2.24, 2.45) is 0 Å². The fourth-order valence-electron chi connectivity index (χ4n) is 1.70. The standard InChI is InChI=1S/C13H21N3O/c1-11-6-4-5-7-12(11)16(3)9-8-15-13(17)10-14-2/h4-7,14H,8-10H2,1-3H3,(H,15,17). The average molecular weight is 235 g/mol. The lowest BCUT2D eigenvalue weighted by Gasteiger charge is -2.21. The molecule has 0 atom stereocenters. The number of benzene rings is 1. The van der Waals surface area contributed by atoms with Gasteiger partial charge in [0.05, 0.1) is 6.54 Å². The maximum atomic E-state index is 11.2. The highest BCUT2D eigenvalue weighted by molar-refractivity contribution is 5.77. The topological polar surface area (TPSA) is 44.4 Å². The molecule has 1 amide bonds. The number of carbonyl (C=O) groups excluding carboxylic acids is 1. The molecule has 2 N–H and O–H groups in total. The Hall–Kier alpha value is -1.55. The first-order valence-corrected chi connectivity index (χ1v) is 5.83. The molecule has 17 heavy (non-hydrogen) atoms. The smallest absolute Gasteiger partial charge is 0.234 e. The summed E-state index contributed by atoms with van der Waals surface area (Å²) >= 11 is 0. The Balaban J connectivity index is 2.38. The lowest BCUT2D eigenvalue weighted by atomic mass is 10.2. The van der Waals surface area contributed by atoms with Crippen LogP contribution in [0.1, 0.15) is 5.56 Å². The van der Waals surface area contributed by atoms with E-state index < -0.39 is 0 Å². The zero-order valence-electron chi connectivity index (χ0n) is 10.8. The number of rotatable bonds is 6. The molecule has 0 radical (unpaired) electrons. The van der Waals surface area contributed by atoms with Gasteiger partial charge in [-0.3, -0.25) is 4.79 Å². The Labute approximate surface area is 103 Å². The van der Waals surface area contributed by atoms with Gasteiger partial charge in [0.15, 0.2) is 0 Å². The van der Waals surface area contributed by atoms with Crippen molar-refractivity contribution in [3.63, 3.8) is 0 Å². The lowest BCUT2D eigenvalue weighted by Crippen LogP contribution is -2.37. The Morgan fingerprint density at radius 2 is 2.06 bits per heavy atom. The third-order valence-electron chi connectivity index (χ3n) is 2.63. The highest BCUT2D eigenvalue weighted by Crippen LogP contribution is 2.16. The molecule has 0 aromatic heterocycles. The maximum Gasteiger partial charge on any atom is 0.234 e. The summed E-state index contributed by atoms with van der Waals surface area (Å²) in [5.41, 5.74) is 2.45. The molecule has 1 aromatic rings. The normalized spacial score (nSPS) is 10.1. The van der Waals surface area contributed by atoms with Crippen LogP contribution in [0, 0.1) is 6.92 Å². The minimum Gasteiger partial charge on any atom is -0.373 e. The zero-order valence-corrected chi connectivity index (χ0v) is 10.8. The molecular weight excluding hydrogens is 214 g/mol. The summed E-state index contributed by atoms with van der Waals surface area (Å²) < 4.78 is 0. The summed E-state index contributed by atoms with van der Waals surface area (Å²) in [5, 5.41) is 5.68. The fraction of sp³-hybridized carbons (Fsp3) is 0.462. The van der Waals surface area contributed by atoms with E-state index in [4.69, 9.17) is 0 Å². The molecule has 0 heterocycles. The quantitative estimate of drug-likeness (QED) is 0.765. The van der Waals surface area contributed by atoms with E-state index in [1.807, 2.05) is 19.2 Å². The van der Waals surface area contributed by atoms with Crippen LogP contribution in [0.15, 0.2) is 24.3 Å². The second-order valence-corrected chi connectivity index (χ2v) is 4.09.